The van der Waals surface area contributed by atoms with Crippen molar-refractivity contribution >= 4 is 43.6 Å². The highest BCUT2D eigenvalue weighted by atomic mass is 79.9. The van der Waals surface area contributed by atoms with Crippen molar-refractivity contribution < 1.29 is 0 Å². The van der Waals surface area contributed by atoms with Crippen LogP contribution in [-0.4, -0.2) is 9.97 Å². The van der Waals surface area contributed by atoms with Gasteiger partial charge in [0.05, 0.1) is 4.47 Å². The minimum atomic E-state index is 0.912. The third-order valence-electron chi connectivity index (χ3n) is 1.64. The fraction of sp³-hybridized carbons (Fsp3) is 0. The van der Waals surface area contributed by atoms with Crippen LogP contribution in [0.5, 0.6) is 0 Å². The second kappa shape index (κ2) is 5.09. The number of halogens is 2. The molecule has 0 saturated carbocycles. The Bertz CT molecular complexity index is 476. The molecule has 2 nitrogen and oxygen atoms in total. The van der Waals surface area contributed by atoms with Gasteiger partial charge in [0.25, 0.3) is 0 Å². The van der Waals surface area contributed by atoms with Gasteiger partial charge in [-0.3, -0.25) is 0 Å². The number of rotatable bonds is 2. The quantitative estimate of drug-likeness (QED) is 0.764. The van der Waals surface area contributed by atoms with Crippen LogP contribution in [0.25, 0.3) is 0 Å². The van der Waals surface area contributed by atoms with Crippen molar-refractivity contribution in [2.24, 2.45) is 0 Å². The second-order valence-corrected chi connectivity index (χ2v) is 5.57. The monoisotopic (exact) mass is 344 g/mol. The summed E-state index contributed by atoms with van der Waals surface area (Å²) in [6, 6.07) is 8.10. The maximum absolute atomic E-state index is 4.19. The molecule has 0 radical (unpaired) electrons. The minimum Gasteiger partial charge on any atom is -0.244 e. The van der Waals surface area contributed by atoms with Crippen LogP contribution < -0.4 is 0 Å². The first-order valence-electron chi connectivity index (χ1n) is 4.14. The van der Waals surface area contributed by atoms with Gasteiger partial charge in [0.15, 0.2) is 0 Å². The Balaban J connectivity index is 2.26. The van der Waals surface area contributed by atoms with Gasteiger partial charge in [-0.25, -0.2) is 9.97 Å². The van der Waals surface area contributed by atoms with E-state index in [2.05, 4.69) is 47.9 Å². The molecule has 0 aliphatic rings. The van der Waals surface area contributed by atoms with Gasteiger partial charge in [0.2, 0.25) is 0 Å². The van der Waals surface area contributed by atoms with E-state index in [1.165, 1.54) is 0 Å². The lowest BCUT2D eigenvalue weighted by atomic mass is 10.4. The van der Waals surface area contributed by atoms with E-state index in [4.69, 9.17) is 0 Å². The number of hydrogen-bond donors (Lipinski definition) is 0. The molecule has 0 spiro atoms. The average Bonchev–Trinajstić information content (AvgIpc) is 2.22. The molecule has 0 N–H and O–H groups in total. The Hall–Kier alpha value is -0.390. The molecule has 0 atom stereocenters. The fourth-order valence-corrected chi connectivity index (χ4v) is 2.84. The van der Waals surface area contributed by atoms with E-state index in [1.807, 2.05) is 18.2 Å². The van der Waals surface area contributed by atoms with E-state index in [9.17, 15) is 0 Å². The van der Waals surface area contributed by atoms with Gasteiger partial charge in [-0.05, 0) is 34.1 Å². The molecule has 0 aliphatic carbocycles. The van der Waals surface area contributed by atoms with Gasteiger partial charge in [-0.1, -0.05) is 33.8 Å². The third-order valence-corrected chi connectivity index (χ3v) is 3.99. The molecule has 0 aliphatic heterocycles. The van der Waals surface area contributed by atoms with Crippen LogP contribution in [0.2, 0.25) is 0 Å². The molecule has 0 fully saturated rings. The van der Waals surface area contributed by atoms with Gasteiger partial charge >= 0.3 is 0 Å². The van der Waals surface area contributed by atoms with E-state index in [-0.39, 0.29) is 0 Å². The van der Waals surface area contributed by atoms with Gasteiger partial charge in [-0.2, -0.15) is 0 Å². The molecule has 0 unspecified atom stereocenters. The van der Waals surface area contributed by atoms with Crippen LogP contribution in [0.1, 0.15) is 0 Å². The smallest absolute Gasteiger partial charge is 0.118 e. The van der Waals surface area contributed by atoms with Crippen LogP contribution >= 0.6 is 43.6 Å². The second-order valence-electron chi connectivity index (χ2n) is 2.74. The molecule has 15 heavy (non-hydrogen) atoms. The molecule has 0 bridgehead atoms. The summed E-state index contributed by atoms with van der Waals surface area (Å²) in [7, 11) is 0. The van der Waals surface area contributed by atoms with E-state index in [0.717, 1.165) is 18.9 Å². The Morgan fingerprint density at radius 3 is 2.80 bits per heavy atom. The molecule has 1 aromatic carbocycles. The highest BCUT2D eigenvalue weighted by molar-refractivity contribution is 9.10. The van der Waals surface area contributed by atoms with Crippen LogP contribution in [0.4, 0.5) is 0 Å². The SMILES string of the molecule is Brc1cccc(Sc2ncncc2Br)c1. The minimum absolute atomic E-state index is 0.912. The Morgan fingerprint density at radius 2 is 2.07 bits per heavy atom. The normalized spacial score (nSPS) is 10.3. The summed E-state index contributed by atoms with van der Waals surface area (Å²) in [4.78, 5) is 9.26. The fourth-order valence-electron chi connectivity index (χ4n) is 1.02. The molecule has 2 aromatic rings. The van der Waals surface area contributed by atoms with Crippen LogP contribution in [0.3, 0.4) is 0 Å². The van der Waals surface area contributed by atoms with Crippen molar-refractivity contribution in [1.82, 2.24) is 9.97 Å². The highest BCUT2D eigenvalue weighted by Crippen LogP contribution is 2.31. The molecule has 76 valence electrons. The first-order valence-corrected chi connectivity index (χ1v) is 6.55. The average molecular weight is 346 g/mol. The predicted octanol–water partition coefficient (Wildman–Crippen LogP) is 4.15. The zero-order valence-electron chi connectivity index (χ0n) is 7.52. The van der Waals surface area contributed by atoms with Crippen LogP contribution in [-0.2, 0) is 0 Å². The lowest BCUT2D eigenvalue weighted by Crippen LogP contribution is -1.83. The summed E-state index contributed by atoms with van der Waals surface area (Å²) in [5, 5.41) is 0.920. The van der Waals surface area contributed by atoms with E-state index in [1.54, 1.807) is 24.3 Å². The number of benzene rings is 1. The van der Waals surface area contributed by atoms with Gasteiger partial charge < -0.3 is 0 Å². The maximum atomic E-state index is 4.19. The lowest BCUT2D eigenvalue weighted by Gasteiger charge is -2.02. The van der Waals surface area contributed by atoms with Gasteiger partial charge in [0, 0.05) is 15.6 Å². The van der Waals surface area contributed by atoms with Crippen molar-refractivity contribution in [2.45, 2.75) is 9.92 Å². The van der Waals surface area contributed by atoms with Gasteiger partial charge in [0.1, 0.15) is 11.4 Å². The predicted molar refractivity (Wildman–Crippen MR) is 68.0 cm³/mol. The molecule has 1 aromatic heterocycles. The maximum Gasteiger partial charge on any atom is 0.118 e. The van der Waals surface area contributed by atoms with Gasteiger partial charge in [-0.15, -0.1) is 0 Å². The molecule has 1 heterocycles. The third kappa shape index (κ3) is 3.03. The van der Waals surface area contributed by atoms with Crippen molar-refractivity contribution in [2.75, 3.05) is 0 Å². The van der Waals surface area contributed by atoms with Crippen molar-refractivity contribution in [1.29, 1.82) is 0 Å². The zero-order chi connectivity index (χ0) is 10.7. The Labute approximate surface area is 109 Å². The Kier molecular flexibility index (Phi) is 3.77. The Morgan fingerprint density at radius 1 is 1.20 bits per heavy atom. The van der Waals surface area contributed by atoms with Crippen molar-refractivity contribution in [3.05, 3.63) is 45.7 Å². The first-order chi connectivity index (χ1) is 7.25. The van der Waals surface area contributed by atoms with E-state index >= 15 is 0 Å². The molecule has 5 heteroatoms. The van der Waals surface area contributed by atoms with Crippen molar-refractivity contribution in [3.8, 4) is 0 Å². The summed E-state index contributed by atoms with van der Waals surface area (Å²) >= 11 is 8.45. The highest BCUT2D eigenvalue weighted by Gasteiger charge is 2.03. The topological polar surface area (TPSA) is 25.8 Å². The standard InChI is InChI=1S/C10H6Br2N2S/c11-7-2-1-3-8(4-7)15-10-9(12)5-13-6-14-10/h1-6H. The molecule has 2 rings (SSSR count). The molecular formula is C10H6Br2N2S. The molecule has 0 saturated heterocycles. The zero-order valence-corrected chi connectivity index (χ0v) is 11.5. The summed E-state index contributed by atoms with van der Waals surface area (Å²) in [6.45, 7) is 0. The summed E-state index contributed by atoms with van der Waals surface area (Å²) in [5.41, 5.74) is 0. The van der Waals surface area contributed by atoms with E-state index in [0.29, 0.717) is 0 Å². The number of nitrogens with zero attached hydrogens (tertiary/aromatic N) is 2. The molecule has 0 amide bonds. The largest absolute Gasteiger partial charge is 0.244 e. The summed E-state index contributed by atoms with van der Waals surface area (Å²) in [5.74, 6) is 0. The summed E-state index contributed by atoms with van der Waals surface area (Å²) < 4.78 is 1.98. The number of aromatic nitrogens is 2. The van der Waals surface area contributed by atoms with Crippen LogP contribution in [0.15, 0.2) is 55.7 Å². The van der Waals surface area contributed by atoms with E-state index < -0.39 is 0 Å². The molecular weight excluding hydrogens is 340 g/mol. The van der Waals surface area contributed by atoms with Crippen molar-refractivity contribution in [3.63, 3.8) is 0 Å². The summed E-state index contributed by atoms with van der Waals surface area (Å²) in [6.07, 6.45) is 3.29. The number of hydrogen-bond acceptors (Lipinski definition) is 3. The van der Waals surface area contributed by atoms with Crippen LogP contribution in [0, 0.1) is 0 Å². The first kappa shape index (κ1) is 11.1. The lowest BCUT2D eigenvalue weighted by molar-refractivity contribution is 1.02.